The first-order valence-corrected chi connectivity index (χ1v) is 6.39. The molecule has 0 amide bonds. The molecule has 0 radical (unpaired) electrons. The van der Waals surface area contributed by atoms with Crippen LogP contribution in [0.15, 0.2) is 28.9 Å². The molecule has 0 spiro atoms. The van der Waals surface area contributed by atoms with Gasteiger partial charge < -0.3 is 14.8 Å². The van der Waals surface area contributed by atoms with Gasteiger partial charge in [0.1, 0.15) is 17.1 Å². The Balaban J connectivity index is 2.01. The highest BCUT2D eigenvalue weighted by molar-refractivity contribution is 6.03. The lowest BCUT2D eigenvalue weighted by atomic mass is 10.2. The van der Waals surface area contributed by atoms with E-state index in [1.165, 1.54) is 6.20 Å². The van der Waals surface area contributed by atoms with Crippen molar-refractivity contribution in [2.45, 2.75) is 13.5 Å². The smallest absolute Gasteiger partial charge is 0.339 e. The van der Waals surface area contributed by atoms with Crippen LogP contribution in [-0.2, 0) is 13.6 Å². The number of nitrogens with one attached hydrogen (secondary N) is 1. The van der Waals surface area contributed by atoms with Gasteiger partial charge in [0, 0.05) is 13.2 Å². The second-order valence-corrected chi connectivity index (χ2v) is 4.72. The fraction of sp³-hybridized carbons (Fsp3) is 0.214. The first-order valence-electron chi connectivity index (χ1n) is 6.39. The van der Waals surface area contributed by atoms with Gasteiger partial charge in [-0.3, -0.25) is 4.68 Å². The molecule has 108 valence electrons. The molecule has 7 nitrogen and oxygen atoms in total. The third-order valence-corrected chi connectivity index (χ3v) is 3.23. The Labute approximate surface area is 120 Å². The minimum absolute atomic E-state index is 0.110. The van der Waals surface area contributed by atoms with Gasteiger partial charge in [0.25, 0.3) is 0 Å². The fourth-order valence-corrected chi connectivity index (χ4v) is 2.20. The van der Waals surface area contributed by atoms with Crippen LogP contribution >= 0.6 is 0 Å². The van der Waals surface area contributed by atoms with Gasteiger partial charge in [-0.15, -0.1) is 0 Å². The number of hydrogen-bond acceptors (Lipinski definition) is 5. The molecule has 0 saturated carbocycles. The van der Waals surface area contributed by atoms with Crippen LogP contribution in [-0.4, -0.2) is 25.8 Å². The number of carboxylic acid groups (broad SMARTS) is 1. The fourth-order valence-electron chi connectivity index (χ4n) is 2.20. The number of aromatic nitrogens is 3. The van der Waals surface area contributed by atoms with Gasteiger partial charge in [-0.25, -0.2) is 9.78 Å². The van der Waals surface area contributed by atoms with Crippen molar-refractivity contribution in [3.05, 3.63) is 41.6 Å². The molecule has 3 heterocycles. The third-order valence-electron chi connectivity index (χ3n) is 3.23. The zero-order valence-electron chi connectivity index (χ0n) is 11.6. The Morgan fingerprint density at radius 1 is 1.43 bits per heavy atom. The summed E-state index contributed by atoms with van der Waals surface area (Å²) in [7, 11) is 1.76. The molecule has 0 unspecified atom stereocenters. The van der Waals surface area contributed by atoms with Gasteiger partial charge in [-0.05, 0) is 19.1 Å². The van der Waals surface area contributed by atoms with Gasteiger partial charge in [0.2, 0.25) is 0 Å². The molecule has 3 rings (SSSR count). The Morgan fingerprint density at radius 2 is 2.24 bits per heavy atom. The topological polar surface area (TPSA) is 93.2 Å². The molecule has 0 atom stereocenters. The number of aryl methyl sites for hydroxylation is 2. The average Bonchev–Trinajstić information content (AvgIpc) is 3.03. The Hall–Kier alpha value is -2.83. The van der Waals surface area contributed by atoms with Crippen LogP contribution in [0, 0.1) is 6.92 Å². The zero-order chi connectivity index (χ0) is 15.0. The number of nitrogens with zero attached hydrogens (tertiary/aromatic N) is 3. The number of rotatable bonds is 4. The molecule has 0 aliphatic carbocycles. The van der Waals surface area contributed by atoms with Crippen molar-refractivity contribution in [3.8, 4) is 0 Å². The van der Waals surface area contributed by atoms with E-state index in [9.17, 15) is 9.90 Å². The van der Waals surface area contributed by atoms with E-state index in [1.807, 2.05) is 19.1 Å². The molecule has 3 aromatic rings. The zero-order valence-corrected chi connectivity index (χ0v) is 11.6. The van der Waals surface area contributed by atoms with Gasteiger partial charge in [-0.1, -0.05) is 0 Å². The van der Waals surface area contributed by atoms with Crippen LogP contribution in [0.1, 0.15) is 21.9 Å². The maximum absolute atomic E-state index is 11.4. The molecule has 0 aromatic carbocycles. The minimum atomic E-state index is -1.04. The SMILES string of the molecule is Cc1ccc(CNc2c(C(=O)O)cnc3c2cnn3C)o1. The van der Waals surface area contributed by atoms with Crippen molar-refractivity contribution in [1.29, 1.82) is 0 Å². The Kier molecular flexibility index (Phi) is 3.09. The normalized spacial score (nSPS) is 11.0. The summed E-state index contributed by atoms with van der Waals surface area (Å²) in [5.74, 6) is 0.510. The predicted octanol–water partition coefficient (Wildman–Crippen LogP) is 2.18. The summed E-state index contributed by atoms with van der Waals surface area (Å²) in [6.45, 7) is 2.25. The molecule has 0 saturated heterocycles. The van der Waals surface area contributed by atoms with Crippen molar-refractivity contribution < 1.29 is 14.3 Å². The van der Waals surface area contributed by atoms with Gasteiger partial charge in [0.15, 0.2) is 5.65 Å². The molecular formula is C14H14N4O3. The number of anilines is 1. The number of fused-ring (bicyclic) bond motifs is 1. The predicted molar refractivity (Wildman–Crippen MR) is 76.2 cm³/mol. The highest BCUT2D eigenvalue weighted by Crippen LogP contribution is 2.26. The Morgan fingerprint density at radius 3 is 2.90 bits per heavy atom. The molecule has 0 aliphatic rings. The largest absolute Gasteiger partial charge is 0.478 e. The molecule has 21 heavy (non-hydrogen) atoms. The van der Waals surface area contributed by atoms with Crippen molar-refractivity contribution in [2.24, 2.45) is 7.05 Å². The van der Waals surface area contributed by atoms with Crippen LogP contribution in [0.5, 0.6) is 0 Å². The number of carboxylic acids is 1. The maximum atomic E-state index is 11.4. The number of furan rings is 1. The van der Waals surface area contributed by atoms with E-state index in [2.05, 4.69) is 15.4 Å². The molecule has 7 heteroatoms. The highest BCUT2D eigenvalue weighted by atomic mass is 16.4. The summed E-state index contributed by atoms with van der Waals surface area (Å²) >= 11 is 0. The van der Waals surface area contributed by atoms with Crippen LogP contribution in [0.2, 0.25) is 0 Å². The van der Waals surface area contributed by atoms with E-state index in [4.69, 9.17) is 4.42 Å². The van der Waals surface area contributed by atoms with Crippen LogP contribution in [0.25, 0.3) is 11.0 Å². The van der Waals surface area contributed by atoms with Crippen LogP contribution in [0.4, 0.5) is 5.69 Å². The van der Waals surface area contributed by atoms with E-state index >= 15 is 0 Å². The molecule has 3 aromatic heterocycles. The first-order chi connectivity index (χ1) is 10.1. The summed E-state index contributed by atoms with van der Waals surface area (Å²) in [5, 5.41) is 17.2. The molecular weight excluding hydrogens is 272 g/mol. The molecule has 0 aliphatic heterocycles. The lowest BCUT2D eigenvalue weighted by molar-refractivity contribution is 0.0697. The molecule has 0 fully saturated rings. The van der Waals surface area contributed by atoms with Crippen molar-refractivity contribution >= 4 is 22.7 Å². The summed E-state index contributed by atoms with van der Waals surface area (Å²) in [5.41, 5.74) is 1.23. The van der Waals surface area contributed by atoms with Crippen molar-refractivity contribution in [1.82, 2.24) is 14.8 Å². The molecule has 0 bridgehead atoms. The van der Waals surface area contributed by atoms with E-state index < -0.39 is 5.97 Å². The second-order valence-electron chi connectivity index (χ2n) is 4.72. The number of aromatic carboxylic acids is 1. The first kappa shape index (κ1) is 13.2. The van der Waals surface area contributed by atoms with Crippen LogP contribution < -0.4 is 5.32 Å². The quantitative estimate of drug-likeness (QED) is 0.763. The third kappa shape index (κ3) is 2.33. The minimum Gasteiger partial charge on any atom is -0.478 e. The van der Waals surface area contributed by atoms with E-state index in [0.29, 0.717) is 23.3 Å². The second kappa shape index (κ2) is 4.93. The van der Waals surface area contributed by atoms with E-state index in [1.54, 1.807) is 17.9 Å². The Bertz CT molecular complexity index is 819. The van der Waals surface area contributed by atoms with Crippen LogP contribution in [0.3, 0.4) is 0 Å². The lowest BCUT2D eigenvalue weighted by Crippen LogP contribution is -2.07. The number of carbonyl (C=O) groups is 1. The summed E-state index contributed by atoms with van der Waals surface area (Å²) < 4.78 is 7.08. The lowest BCUT2D eigenvalue weighted by Gasteiger charge is -2.09. The standard InChI is InChI=1S/C14H14N4O3/c1-8-3-4-9(21-8)5-15-12-10-7-17-18(2)13(10)16-6-11(12)14(19)20/h3-4,6-7H,5H2,1-2H3,(H,15,16)(H,19,20). The average molecular weight is 286 g/mol. The number of pyridine rings is 1. The van der Waals surface area contributed by atoms with Gasteiger partial charge >= 0.3 is 5.97 Å². The summed E-state index contributed by atoms with van der Waals surface area (Å²) in [6, 6.07) is 3.71. The van der Waals surface area contributed by atoms with Crippen molar-refractivity contribution in [2.75, 3.05) is 5.32 Å². The number of hydrogen-bond donors (Lipinski definition) is 2. The summed E-state index contributed by atoms with van der Waals surface area (Å²) in [6.07, 6.45) is 2.94. The van der Waals surface area contributed by atoms with Crippen molar-refractivity contribution in [3.63, 3.8) is 0 Å². The summed E-state index contributed by atoms with van der Waals surface area (Å²) in [4.78, 5) is 15.5. The molecule has 2 N–H and O–H groups in total. The maximum Gasteiger partial charge on any atom is 0.339 e. The van der Waals surface area contributed by atoms with E-state index in [0.717, 1.165) is 11.5 Å². The van der Waals surface area contributed by atoms with Gasteiger partial charge in [-0.2, -0.15) is 5.10 Å². The van der Waals surface area contributed by atoms with Gasteiger partial charge in [0.05, 0.1) is 23.8 Å². The monoisotopic (exact) mass is 286 g/mol. The highest BCUT2D eigenvalue weighted by Gasteiger charge is 2.17. The van der Waals surface area contributed by atoms with E-state index in [-0.39, 0.29) is 5.56 Å².